The number of rotatable bonds is 7. The average Bonchev–Trinajstić information content (AvgIpc) is 2.25. The van der Waals surface area contributed by atoms with E-state index in [-0.39, 0.29) is 0 Å². The molecule has 0 aromatic carbocycles. The fourth-order valence-corrected chi connectivity index (χ4v) is 1.12. The largest absolute Gasteiger partial charge is 0.419 e. The lowest BCUT2D eigenvalue weighted by Crippen LogP contribution is -2.51. The first-order valence-corrected chi connectivity index (χ1v) is 4.84. The van der Waals surface area contributed by atoms with Crippen molar-refractivity contribution in [2.75, 3.05) is 14.2 Å². The van der Waals surface area contributed by atoms with Crippen molar-refractivity contribution in [3.05, 3.63) is 12.8 Å². The van der Waals surface area contributed by atoms with E-state index in [0.29, 0.717) is 6.42 Å². The summed E-state index contributed by atoms with van der Waals surface area (Å²) in [5.74, 6) is -1.11. The molecular formula is C10H19NO4. The highest BCUT2D eigenvalue weighted by molar-refractivity contribution is 5.68. The monoisotopic (exact) mass is 217 g/mol. The Balaban J connectivity index is 4.33. The van der Waals surface area contributed by atoms with Gasteiger partial charge in [-0.15, -0.1) is 0 Å². The minimum absolute atomic E-state index is 0.558. The van der Waals surface area contributed by atoms with Crippen LogP contribution in [0.15, 0.2) is 12.8 Å². The highest BCUT2D eigenvalue weighted by atomic mass is 16.7. The Morgan fingerprint density at radius 1 is 1.47 bits per heavy atom. The standard InChI is InChI=1S/C10H19NO4/c1-5-7-8-10(13-3,14-4)11-9(12)15-6-2/h6H,2,5,7-8H2,1,3-4H3,(H,11,12). The molecule has 1 N–H and O–H groups in total. The molecule has 0 aliphatic carbocycles. The summed E-state index contributed by atoms with van der Waals surface area (Å²) in [5.41, 5.74) is 0. The molecule has 0 aromatic heterocycles. The fraction of sp³-hybridized carbons (Fsp3) is 0.700. The summed E-state index contributed by atoms with van der Waals surface area (Å²) < 4.78 is 14.8. The molecule has 0 rings (SSSR count). The molecule has 0 unspecified atom stereocenters. The van der Waals surface area contributed by atoms with E-state index in [1.165, 1.54) is 14.2 Å². The van der Waals surface area contributed by atoms with Gasteiger partial charge in [0.15, 0.2) is 0 Å². The molecule has 15 heavy (non-hydrogen) atoms. The number of methoxy groups -OCH3 is 2. The Kier molecular flexibility index (Phi) is 6.73. The third-order valence-corrected chi connectivity index (χ3v) is 2.00. The van der Waals surface area contributed by atoms with Gasteiger partial charge in [-0.2, -0.15) is 0 Å². The predicted octanol–water partition coefficient (Wildman–Crippen LogP) is 1.99. The van der Waals surface area contributed by atoms with Crippen LogP contribution in [0.5, 0.6) is 0 Å². The molecule has 5 nitrogen and oxygen atoms in total. The van der Waals surface area contributed by atoms with E-state index in [2.05, 4.69) is 16.6 Å². The number of hydrogen-bond acceptors (Lipinski definition) is 4. The molecule has 0 atom stereocenters. The first kappa shape index (κ1) is 13.9. The number of amides is 1. The number of hydrogen-bond donors (Lipinski definition) is 1. The third kappa shape index (κ3) is 4.80. The van der Waals surface area contributed by atoms with E-state index in [1.807, 2.05) is 6.92 Å². The topological polar surface area (TPSA) is 56.8 Å². The Morgan fingerprint density at radius 2 is 2.07 bits per heavy atom. The van der Waals surface area contributed by atoms with Gasteiger partial charge in [-0.3, -0.25) is 5.32 Å². The second-order valence-corrected chi connectivity index (χ2v) is 2.96. The molecular weight excluding hydrogens is 198 g/mol. The lowest BCUT2D eigenvalue weighted by Gasteiger charge is -2.30. The SMILES string of the molecule is C=COC(=O)NC(CCCC)(OC)OC. The second-order valence-electron chi connectivity index (χ2n) is 2.96. The Hall–Kier alpha value is -1.07. The molecule has 0 bridgehead atoms. The van der Waals surface area contributed by atoms with Gasteiger partial charge < -0.3 is 14.2 Å². The van der Waals surface area contributed by atoms with Gasteiger partial charge >= 0.3 is 6.09 Å². The van der Waals surface area contributed by atoms with Crippen LogP contribution in [0.25, 0.3) is 0 Å². The molecule has 0 heterocycles. The third-order valence-electron chi connectivity index (χ3n) is 2.00. The average molecular weight is 217 g/mol. The molecule has 0 saturated heterocycles. The van der Waals surface area contributed by atoms with Crippen LogP contribution in [0.1, 0.15) is 26.2 Å². The molecule has 0 aliphatic heterocycles. The summed E-state index contributed by atoms with van der Waals surface area (Å²) in [4.78, 5) is 11.2. The minimum atomic E-state index is -1.11. The lowest BCUT2D eigenvalue weighted by atomic mass is 10.2. The summed E-state index contributed by atoms with van der Waals surface area (Å²) in [5, 5.41) is 2.49. The maximum absolute atomic E-state index is 11.2. The quantitative estimate of drug-likeness (QED) is 0.523. The van der Waals surface area contributed by atoms with Gasteiger partial charge in [-0.25, -0.2) is 4.79 Å². The molecule has 0 spiro atoms. The van der Waals surface area contributed by atoms with Crippen molar-refractivity contribution in [3.8, 4) is 0 Å². The summed E-state index contributed by atoms with van der Waals surface area (Å²) >= 11 is 0. The molecule has 5 heteroatoms. The molecule has 0 saturated carbocycles. The minimum Gasteiger partial charge on any atom is -0.419 e. The summed E-state index contributed by atoms with van der Waals surface area (Å²) in [6.45, 7) is 5.32. The maximum atomic E-state index is 11.2. The van der Waals surface area contributed by atoms with E-state index in [1.54, 1.807) is 0 Å². The normalized spacial score (nSPS) is 10.9. The van der Waals surface area contributed by atoms with Gasteiger partial charge in [0, 0.05) is 20.6 Å². The second kappa shape index (κ2) is 7.25. The number of ether oxygens (including phenoxy) is 3. The molecule has 0 aliphatic rings. The summed E-state index contributed by atoms with van der Waals surface area (Å²) in [7, 11) is 2.93. The summed E-state index contributed by atoms with van der Waals surface area (Å²) in [6.07, 6.45) is 2.81. The van der Waals surface area contributed by atoms with E-state index in [4.69, 9.17) is 9.47 Å². The maximum Gasteiger partial charge on any atom is 0.416 e. The van der Waals surface area contributed by atoms with Crippen molar-refractivity contribution >= 4 is 6.09 Å². The number of nitrogens with one attached hydrogen (secondary N) is 1. The fourth-order valence-electron chi connectivity index (χ4n) is 1.12. The predicted molar refractivity (Wildman–Crippen MR) is 56.1 cm³/mol. The zero-order chi connectivity index (χ0) is 11.7. The smallest absolute Gasteiger partial charge is 0.416 e. The van der Waals surface area contributed by atoms with E-state index < -0.39 is 12.0 Å². The van der Waals surface area contributed by atoms with Crippen LogP contribution >= 0.6 is 0 Å². The Bertz CT molecular complexity index is 202. The number of carbonyl (C=O) groups excluding carboxylic acids is 1. The van der Waals surface area contributed by atoms with Crippen LogP contribution in [0.3, 0.4) is 0 Å². The van der Waals surface area contributed by atoms with Gasteiger partial charge in [0.1, 0.15) is 0 Å². The van der Waals surface area contributed by atoms with Crippen molar-refractivity contribution in [2.24, 2.45) is 0 Å². The zero-order valence-electron chi connectivity index (χ0n) is 9.54. The van der Waals surface area contributed by atoms with Crippen molar-refractivity contribution in [2.45, 2.75) is 32.1 Å². The van der Waals surface area contributed by atoms with Crippen molar-refractivity contribution in [1.29, 1.82) is 0 Å². The number of alkyl carbamates (subject to hydrolysis) is 1. The highest BCUT2D eigenvalue weighted by Gasteiger charge is 2.31. The van der Waals surface area contributed by atoms with Gasteiger partial charge in [0.05, 0.1) is 6.26 Å². The van der Waals surface area contributed by atoms with Crippen molar-refractivity contribution in [1.82, 2.24) is 5.32 Å². The Labute approximate surface area is 90.4 Å². The van der Waals surface area contributed by atoms with Crippen LogP contribution in [0, 0.1) is 0 Å². The number of unbranched alkanes of at least 4 members (excludes halogenated alkanes) is 1. The van der Waals surface area contributed by atoms with Gasteiger partial charge in [-0.05, 0) is 6.42 Å². The van der Waals surface area contributed by atoms with Gasteiger partial charge in [0.2, 0.25) is 0 Å². The molecule has 88 valence electrons. The first-order valence-electron chi connectivity index (χ1n) is 4.84. The van der Waals surface area contributed by atoms with Crippen LogP contribution in [-0.2, 0) is 14.2 Å². The van der Waals surface area contributed by atoms with E-state index >= 15 is 0 Å². The van der Waals surface area contributed by atoms with Crippen LogP contribution in [0.2, 0.25) is 0 Å². The van der Waals surface area contributed by atoms with Crippen LogP contribution in [-0.4, -0.2) is 26.2 Å². The highest BCUT2D eigenvalue weighted by Crippen LogP contribution is 2.16. The number of carbonyl (C=O) groups is 1. The molecule has 0 fully saturated rings. The van der Waals surface area contributed by atoms with E-state index in [0.717, 1.165) is 19.1 Å². The van der Waals surface area contributed by atoms with Crippen LogP contribution < -0.4 is 5.32 Å². The van der Waals surface area contributed by atoms with E-state index in [9.17, 15) is 4.79 Å². The zero-order valence-corrected chi connectivity index (χ0v) is 9.54. The van der Waals surface area contributed by atoms with Crippen LogP contribution in [0.4, 0.5) is 4.79 Å². The van der Waals surface area contributed by atoms with Crippen molar-refractivity contribution in [3.63, 3.8) is 0 Å². The van der Waals surface area contributed by atoms with Gasteiger partial charge in [-0.1, -0.05) is 19.9 Å². The van der Waals surface area contributed by atoms with Crippen molar-refractivity contribution < 1.29 is 19.0 Å². The first-order chi connectivity index (χ1) is 7.14. The Morgan fingerprint density at radius 3 is 2.47 bits per heavy atom. The van der Waals surface area contributed by atoms with Gasteiger partial charge in [0.25, 0.3) is 5.91 Å². The molecule has 1 amide bonds. The molecule has 0 radical (unpaired) electrons. The summed E-state index contributed by atoms with van der Waals surface area (Å²) in [6, 6.07) is 0. The lowest BCUT2D eigenvalue weighted by molar-refractivity contribution is -0.225. The molecule has 0 aromatic rings.